The molecule has 0 amide bonds. The highest BCUT2D eigenvalue weighted by molar-refractivity contribution is 9.10. The number of nitrogens with one attached hydrogen (secondary N) is 1. The van der Waals surface area contributed by atoms with Gasteiger partial charge in [0.25, 0.3) is 0 Å². The molecule has 1 saturated carbocycles. The Bertz CT molecular complexity index is 359. The van der Waals surface area contributed by atoms with E-state index in [9.17, 15) is 0 Å². The van der Waals surface area contributed by atoms with Gasteiger partial charge in [-0.1, -0.05) is 13.8 Å². The minimum Gasteiger partial charge on any atom is -0.313 e. The van der Waals surface area contributed by atoms with Gasteiger partial charge >= 0.3 is 0 Å². The second-order valence-corrected chi connectivity index (χ2v) is 6.42. The first kappa shape index (κ1) is 12.1. The van der Waals surface area contributed by atoms with Gasteiger partial charge < -0.3 is 5.32 Å². The van der Waals surface area contributed by atoms with E-state index in [1.54, 1.807) is 0 Å². The predicted octanol–water partition coefficient (Wildman–Crippen LogP) is 3.16. The third-order valence-electron chi connectivity index (χ3n) is 2.89. The summed E-state index contributed by atoms with van der Waals surface area (Å²) in [6, 6.07) is 2.95. The van der Waals surface area contributed by atoms with Crippen LogP contribution >= 0.6 is 15.9 Å². The van der Waals surface area contributed by atoms with Crippen LogP contribution in [0.25, 0.3) is 0 Å². The van der Waals surface area contributed by atoms with Crippen molar-refractivity contribution in [2.75, 3.05) is 6.54 Å². The Balaban J connectivity index is 1.90. The summed E-state index contributed by atoms with van der Waals surface area (Å²) in [7, 11) is 0. The van der Waals surface area contributed by atoms with Crippen molar-refractivity contribution >= 4 is 15.9 Å². The van der Waals surface area contributed by atoms with Gasteiger partial charge in [0.05, 0.1) is 0 Å². The summed E-state index contributed by atoms with van der Waals surface area (Å²) < 4.78 is 1.07. The average Bonchev–Trinajstić information content (AvgIpc) is 2.97. The molecule has 0 aromatic carbocycles. The summed E-state index contributed by atoms with van der Waals surface area (Å²) in [6.45, 7) is 5.71. The molecule has 88 valence electrons. The van der Waals surface area contributed by atoms with Crippen LogP contribution in [0.3, 0.4) is 0 Å². The van der Waals surface area contributed by atoms with Crippen LogP contribution in [0.4, 0.5) is 0 Å². The molecule has 16 heavy (non-hydrogen) atoms. The van der Waals surface area contributed by atoms with E-state index in [0.29, 0.717) is 5.41 Å². The maximum atomic E-state index is 4.21. The van der Waals surface area contributed by atoms with Crippen LogP contribution in [0.2, 0.25) is 0 Å². The van der Waals surface area contributed by atoms with Gasteiger partial charge in [-0.25, -0.2) is 0 Å². The fraction of sp³-hybridized carbons (Fsp3) is 0.615. The molecule has 0 saturated heterocycles. The molecule has 1 N–H and O–H groups in total. The van der Waals surface area contributed by atoms with Crippen molar-refractivity contribution < 1.29 is 0 Å². The number of aromatic nitrogens is 1. The Hall–Kier alpha value is -0.410. The molecule has 2 rings (SSSR count). The molecule has 1 fully saturated rings. The minimum absolute atomic E-state index is 0.297. The van der Waals surface area contributed by atoms with Crippen molar-refractivity contribution in [3.63, 3.8) is 0 Å². The first-order valence-corrected chi connectivity index (χ1v) is 6.67. The molecule has 0 aliphatic heterocycles. The molecular weight excluding hydrogens is 264 g/mol. The molecule has 3 heteroatoms. The van der Waals surface area contributed by atoms with Gasteiger partial charge in [0, 0.05) is 29.5 Å². The number of rotatable bonds is 5. The number of halogens is 1. The summed E-state index contributed by atoms with van der Waals surface area (Å²) in [5, 5.41) is 3.60. The summed E-state index contributed by atoms with van der Waals surface area (Å²) in [4.78, 5) is 4.21. The Kier molecular flexibility index (Phi) is 3.65. The average molecular weight is 283 g/mol. The van der Waals surface area contributed by atoms with E-state index in [1.165, 1.54) is 18.4 Å². The molecule has 1 aromatic heterocycles. The molecule has 1 aliphatic rings. The minimum atomic E-state index is 0.297. The van der Waals surface area contributed by atoms with Gasteiger partial charge in [-0.3, -0.25) is 4.98 Å². The molecule has 1 aliphatic carbocycles. The van der Waals surface area contributed by atoms with Crippen molar-refractivity contribution in [2.24, 2.45) is 5.41 Å². The van der Waals surface area contributed by atoms with E-state index in [0.717, 1.165) is 23.5 Å². The SMILES string of the molecule is CC(C)(CNC1CC1)Cc1cncc(Br)c1. The molecule has 0 spiro atoms. The number of hydrogen-bond donors (Lipinski definition) is 1. The van der Waals surface area contributed by atoms with Crippen LogP contribution in [0.5, 0.6) is 0 Å². The maximum absolute atomic E-state index is 4.21. The van der Waals surface area contributed by atoms with Crippen molar-refractivity contribution in [1.29, 1.82) is 0 Å². The van der Waals surface area contributed by atoms with Crippen molar-refractivity contribution in [1.82, 2.24) is 10.3 Å². The maximum Gasteiger partial charge on any atom is 0.0410 e. The highest BCUT2D eigenvalue weighted by Crippen LogP contribution is 2.25. The van der Waals surface area contributed by atoms with Gasteiger partial charge in [-0.05, 0) is 52.2 Å². The highest BCUT2D eigenvalue weighted by atomic mass is 79.9. The zero-order valence-electron chi connectivity index (χ0n) is 9.96. The van der Waals surface area contributed by atoms with Crippen LogP contribution < -0.4 is 5.32 Å². The van der Waals surface area contributed by atoms with E-state index in [-0.39, 0.29) is 0 Å². The number of hydrogen-bond acceptors (Lipinski definition) is 2. The van der Waals surface area contributed by atoms with Gasteiger partial charge in [-0.15, -0.1) is 0 Å². The molecule has 1 heterocycles. The lowest BCUT2D eigenvalue weighted by Gasteiger charge is -2.25. The quantitative estimate of drug-likeness (QED) is 0.897. The summed E-state index contributed by atoms with van der Waals surface area (Å²) >= 11 is 3.46. The lowest BCUT2D eigenvalue weighted by Crippen LogP contribution is -2.32. The normalized spacial score (nSPS) is 16.4. The van der Waals surface area contributed by atoms with Crippen LogP contribution in [0, 0.1) is 5.41 Å². The van der Waals surface area contributed by atoms with Gasteiger partial charge in [0.15, 0.2) is 0 Å². The fourth-order valence-corrected chi connectivity index (χ4v) is 2.29. The van der Waals surface area contributed by atoms with E-state index in [2.05, 4.69) is 46.1 Å². The van der Waals surface area contributed by atoms with E-state index in [1.807, 2.05) is 12.4 Å². The third-order valence-corrected chi connectivity index (χ3v) is 3.32. The zero-order chi connectivity index (χ0) is 11.6. The monoisotopic (exact) mass is 282 g/mol. The summed E-state index contributed by atoms with van der Waals surface area (Å²) in [6.07, 6.45) is 7.57. The molecule has 0 radical (unpaired) electrons. The molecular formula is C13H19BrN2. The second kappa shape index (κ2) is 4.84. The van der Waals surface area contributed by atoms with Crippen molar-refractivity contribution in [2.45, 2.75) is 39.2 Å². The first-order valence-electron chi connectivity index (χ1n) is 5.88. The zero-order valence-corrected chi connectivity index (χ0v) is 11.5. The highest BCUT2D eigenvalue weighted by Gasteiger charge is 2.25. The van der Waals surface area contributed by atoms with Crippen LogP contribution in [-0.2, 0) is 6.42 Å². The fourth-order valence-electron chi connectivity index (χ4n) is 1.88. The van der Waals surface area contributed by atoms with Gasteiger partial charge in [0.2, 0.25) is 0 Å². The number of pyridine rings is 1. The van der Waals surface area contributed by atoms with E-state index >= 15 is 0 Å². The second-order valence-electron chi connectivity index (χ2n) is 5.51. The van der Waals surface area contributed by atoms with Crippen LogP contribution in [-0.4, -0.2) is 17.6 Å². The molecule has 0 atom stereocenters. The Labute approximate surface area is 106 Å². The first-order chi connectivity index (χ1) is 7.55. The van der Waals surface area contributed by atoms with Gasteiger partial charge in [-0.2, -0.15) is 0 Å². The molecule has 0 unspecified atom stereocenters. The summed E-state index contributed by atoms with van der Waals surface area (Å²) in [5.41, 5.74) is 1.60. The summed E-state index contributed by atoms with van der Waals surface area (Å²) in [5.74, 6) is 0. The lowest BCUT2D eigenvalue weighted by atomic mass is 9.86. The topological polar surface area (TPSA) is 24.9 Å². The van der Waals surface area contributed by atoms with E-state index in [4.69, 9.17) is 0 Å². The van der Waals surface area contributed by atoms with Crippen LogP contribution in [0.15, 0.2) is 22.9 Å². The van der Waals surface area contributed by atoms with Crippen molar-refractivity contribution in [3.8, 4) is 0 Å². The van der Waals surface area contributed by atoms with Crippen molar-refractivity contribution in [3.05, 3.63) is 28.5 Å². The molecule has 1 aromatic rings. The Morgan fingerprint density at radius 1 is 1.44 bits per heavy atom. The Morgan fingerprint density at radius 3 is 2.81 bits per heavy atom. The standard InChI is InChI=1S/C13H19BrN2/c1-13(2,9-16-12-3-4-12)6-10-5-11(14)8-15-7-10/h5,7-8,12,16H,3-4,6,9H2,1-2H3. The lowest BCUT2D eigenvalue weighted by molar-refractivity contribution is 0.336. The third kappa shape index (κ3) is 3.87. The van der Waals surface area contributed by atoms with Crippen LogP contribution in [0.1, 0.15) is 32.3 Å². The molecule has 0 bridgehead atoms. The van der Waals surface area contributed by atoms with E-state index < -0.39 is 0 Å². The van der Waals surface area contributed by atoms with Gasteiger partial charge in [0.1, 0.15) is 0 Å². The number of nitrogens with zero attached hydrogens (tertiary/aromatic N) is 1. The smallest absolute Gasteiger partial charge is 0.0410 e. The Morgan fingerprint density at radius 2 is 2.19 bits per heavy atom. The predicted molar refractivity (Wildman–Crippen MR) is 70.4 cm³/mol. The molecule has 2 nitrogen and oxygen atoms in total. The largest absolute Gasteiger partial charge is 0.313 e.